The van der Waals surface area contributed by atoms with Crippen LogP contribution in [0.15, 0.2) is 60.8 Å². The maximum Gasteiger partial charge on any atom is 0.341 e. The molecule has 39 heavy (non-hydrogen) atoms. The summed E-state index contributed by atoms with van der Waals surface area (Å²) in [6, 6.07) is 18.8. The van der Waals surface area contributed by atoms with Crippen LogP contribution in [0.1, 0.15) is 91.3 Å². The number of para-hydroxylation sites is 1. The molecule has 0 saturated heterocycles. The lowest BCUT2D eigenvalue weighted by Gasteiger charge is -2.32. The molecule has 2 aromatic carbocycles. The number of benzene rings is 2. The number of unbranched alkanes of at least 4 members (excludes halogenated alkanes) is 2. The number of fused-ring (bicyclic) bond motifs is 2. The number of cyclic esters (lactones) is 1. The van der Waals surface area contributed by atoms with Gasteiger partial charge in [0, 0.05) is 59.2 Å². The Hall–Kier alpha value is -3.60. The SMILES string of the molecule is CCCCCn1c(C)c(C2(c3ccc(N(CCC)CCC)cc3C)OC(=O)c3cccnc32)c2ccccc21. The Balaban J connectivity index is 1.78. The van der Waals surface area contributed by atoms with Crippen molar-refractivity contribution in [1.82, 2.24) is 9.55 Å². The molecule has 0 saturated carbocycles. The van der Waals surface area contributed by atoms with Crippen molar-refractivity contribution in [1.29, 1.82) is 0 Å². The normalized spacial score (nSPS) is 16.5. The highest BCUT2D eigenvalue weighted by Crippen LogP contribution is 2.51. The van der Waals surface area contributed by atoms with Crippen LogP contribution in [0.3, 0.4) is 0 Å². The van der Waals surface area contributed by atoms with Gasteiger partial charge < -0.3 is 14.2 Å². The molecule has 3 heterocycles. The number of ether oxygens (including phenoxy) is 1. The van der Waals surface area contributed by atoms with E-state index >= 15 is 0 Å². The highest BCUT2D eigenvalue weighted by atomic mass is 16.6. The fraction of sp³-hybridized carbons (Fsp3) is 0.412. The zero-order valence-corrected chi connectivity index (χ0v) is 24.1. The minimum absolute atomic E-state index is 0.317. The first kappa shape index (κ1) is 27.0. The number of hydrogen-bond acceptors (Lipinski definition) is 4. The van der Waals surface area contributed by atoms with Crippen LogP contribution >= 0.6 is 0 Å². The number of carbonyl (C=O) groups excluding carboxylic acids is 1. The van der Waals surface area contributed by atoms with Crippen LogP contribution in [0.2, 0.25) is 0 Å². The summed E-state index contributed by atoms with van der Waals surface area (Å²) in [4.78, 5) is 20.8. The Morgan fingerprint density at radius 2 is 1.69 bits per heavy atom. The molecule has 0 amide bonds. The van der Waals surface area contributed by atoms with E-state index in [2.05, 4.69) is 86.6 Å². The third-order valence-corrected chi connectivity index (χ3v) is 8.12. The number of nitrogens with zero attached hydrogens (tertiary/aromatic N) is 3. The quantitative estimate of drug-likeness (QED) is 0.148. The minimum atomic E-state index is -1.11. The summed E-state index contributed by atoms with van der Waals surface area (Å²) in [7, 11) is 0. The molecule has 1 aliphatic heterocycles. The van der Waals surface area contributed by atoms with Gasteiger partial charge in [-0.15, -0.1) is 0 Å². The van der Waals surface area contributed by atoms with E-state index in [-0.39, 0.29) is 5.97 Å². The van der Waals surface area contributed by atoms with E-state index in [0.717, 1.165) is 66.7 Å². The van der Waals surface area contributed by atoms with Crippen LogP contribution in [0.25, 0.3) is 10.9 Å². The molecule has 204 valence electrons. The van der Waals surface area contributed by atoms with Crippen LogP contribution in [-0.2, 0) is 16.9 Å². The van der Waals surface area contributed by atoms with Gasteiger partial charge in [-0.25, -0.2) is 4.79 Å². The summed E-state index contributed by atoms with van der Waals surface area (Å²) in [5.74, 6) is -0.317. The zero-order chi connectivity index (χ0) is 27.6. The van der Waals surface area contributed by atoms with Crippen molar-refractivity contribution >= 4 is 22.6 Å². The van der Waals surface area contributed by atoms with Gasteiger partial charge in [0.15, 0.2) is 0 Å². The molecule has 0 bridgehead atoms. The summed E-state index contributed by atoms with van der Waals surface area (Å²) >= 11 is 0. The fourth-order valence-corrected chi connectivity index (χ4v) is 6.41. The molecular weight excluding hydrogens is 482 g/mol. The van der Waals surface area contributed by atoms with E-state index in [9.17, 15) is 4.79 Å². The maximum atomic E-state index is 13.5. The molecule has 0 radical (unpaired) electrons. The molecule has 2 aromatic heterocycles. The summed E-state index contributed by atoms with van der Waals surface area (Å²) < 4.78 is 8.97. The van der Waals surface area contributed by atoms with E-state index in [4.69, 9.17) is 9.72 Å². The number of esters is 1. The van der Waals surface area contributed by atoms with Gasteiger partial charge in [0.1, 0.15) is 5.69 Å². The summed E-state index contributed by atoms with van der Waals surface area (Å²) in [5.41, 5.74) is 6.72. The van der Waals surface area contributed by atoms with E-state index in [1.807, 2.05) is 12.1 Å². The molecule has 4 aromatic rings. The minimum Gasteiger partial charge on any atom is -0.439 e. The topological polar surface area (TPSA) is 47.4 Å². The molecular formula is C34H41N3O2. The second-order valence-electron chi connectivity index (χ2n) is 10.8. The maximum absolute atomic E-state index is 13.5. The first-order valence-corrected chi connectivity index (χ1v) is 14.6. The Morgan fingerprint density at radius 1 is 0.923 bits per heavy atom. The average Bonchev–Trinajstić information content (AvgIpc) is 3.40. The van der Waals surface area contributed by atoms with E-state index in [1.54, 1.807) is 6.20 Å². The predicted octanol–water partition coefficient (Wildman–Crippen LogP) is 7.93. The lowest BCUT2D eigenvalue weighted by Crippen LogP contribution is -2.32. The van der Waals surface area contributed by atoms with Crippen LogP contribution < -0.4 is 4.90 Å². The number of hydrogen-bond donors (Lipinski definition) is 0. The van der Waals surface area contributed by atoms with Crippen LogP contribution in [0.5, 0.6) is 0 Å². The van der Waals surface area contributed by atoms with Crippen molar-refractivity contribution in [2.75, 3.05) is 18.0 Å². The van der Waals surface area contributed by atoms with E-state index in [1.165, 1.54) is 24.0 Å². The lowest BCUT2D eigenvalue weighted by atomic mass is 9.79. The zero-order valence-electron chi connectivity index (χ0n) is 24.1. The van der Waals surface area contributed by atoms with Gasteiger partial charge in [-0.05, 0) is 69.0 Å². The van der Waals surface area contributed by atoms with Crippen molar-refractivity contribution in [3.63, 3.8) is 0 Å². The molecule has 1 unspecified atom stereocenters. The summed E-state index contributed by atoms with van der Waals surface area (Å²) in [6.07, 6.45) is 7.42. The van der Waals surface area contributed by atoms with Crippen molar-refractivity contribution in [3.8, 4) is 0 Å². The van der Waals surface area contributed by atoms with Gasteiger partial charge in [0.25, 0.3) is 0 Å². The second-order valence-corrected chi connectivity index (χ2v) is 10.8. The molecule has 0 spiro atoms. The monoisotopic (exact) mass is 523 g/mol. The van der Waals surface area contributed by atoms with Crippen molar-refractivity contribution in [3.05, 3.63) is 94.4 Å². The Kier molecular flexibility index (Phi) is 7.79. The Bertz CT molecular complexity index is 1480. The smallest absolute Gasteiger partial charge is 0.341 e. The molecule has 5 nitrogen and oxygen atoms in total. The number of aromatic nitrogens is 2. The molecule has 5 heteroatoms. The van der Waals surface area contributed by atoms with E-state index in [0.29, 0.717) is 11.3 Å². The van der Waals surface area contributed by atoms with Crippen LogP contribution in [0.4, 0.5) is 5.69 Å². The highest BCUT2D eigenvalue weighted by molar-refractivity contribution is 5.98. The number of aryl methyl sites for hydroxylation is 2. The molecule has 0 N–H and O–H groups in total. The Labute approximate surface area is 232 Å². The van der Waals surface area contributed by atoms with Crippen LogP contribution in [-0.4, -0.2) is 28.6 Å². The number of carbonyl (C=O) groups is 1. The summed E-state index contributed by atoms with van der Waals surface area (Å²) in [6.45, 7) is 13.9. The van der Waals surface area contributed by atoms with Crippen molar-refractivity contribution < 1.29 is 9.53 Å². The molecule has 0 aliphatic carbocycles. The molecule has 1 atom stereocenters. The number of rotatable bonds is 11. The highest BCUT2D eigenvalue weighted by Gasteiger charge is 2.53. The molecule has 1 aliphatic rings. The molecule has 5 rings (SSSR count). The third kappa shape index (κ3) is 4.52. The van der Waals surface area contributed by atoms with Gasteiger partial charge in [-0.3, -0.25) is 4.98 Å². The van der Waals surface area contributed by atoms with Crippen LogP contribution in [0, 0.1) is 13.8 Å². The summed E-state index contributed by atoms with van der Waals surface area (Å²) in [5, 5.41) is 1.11. The standard InChI is InChI=1S/C34H41N3O2/c1-6-9-12-22-37-25(5)31(27-14-10-11-16-30(27)37)34(32-28(33(38)39-34)15-13-19-35-32)29-18-17-26(23-24(29)4)36(20-7-2)21-8-3/h10-11,13-19,23H,6-9,12,20-22H2,1-5H3. The lowest BCUT2D eigenvalue weighted by molar-refractivity contribution is 0.0244. The van der Waals surface area contributed by atoms with Gasteiger partial charge in [-0.1, -0.05) is 57.9 Å². The van der Waals surface area contributed by atoms with Gasteiger partial charge in [-0.2, -0.15) is 0 Å². The first-order valence-electron chi connectivity index (χ1n) is 14.6. The number of pyridine rings is 1. The first-order chi connectivity index (χ1) is 19.0. The second kappa shape index (κ2) is 11.3. The molecule has 0 fully saturated rings. The van der Waals surface area contributed by atoms with Gasteiger partial charge >= 0.3 is 5.97 Å². The number of anilines is 1. The Morgan fingerprint density at radius 3 is 2.41 bits per heavy atom. The van der Waals surface area contributed by atoms with E-state index < -0.39 is 5.60 Å². The van der Waals surface area contributed by atoms with Crippen molar-refractivity contribution in [2.45, 2.75) is 78.9 Å². The fourth-order valence-electron chi connectivity index (χ4n) is 6.41. The van der Waals surface area contributed by atoms with Gasteiger partial charge in [0.05, 0.1) is 5.56 Å². The average molecular weight is 524 g/mol. The third-order valence-electron chi connectivity index (χ3n) is 8.12. The largest absolute Gasteiger partial charge is 0.439 e. The predicted molar refractivity (Wildman–Crippen MR) is 160 cm³/mol. The van der Waals surface area contributed by atoms with Crippen molar-refractivity contribution in [2.24, 2.45) is 0 Å². The van der Waals surface area contributed by atoms with Gasteiger partial charge in [0.2, 0.25) is 5.60 Å².